The van der Waals surface area contributed by atoms with Gasteiger partial charge in [-0.15, -0.1) is 0 Å². The lowest BCUT2D eigenvalue weighted by atomic mass is 9.62. The van der Waals surface area contributed by atoms with Crippen molar-refractivity contribution in [3.63, 3.8) is 0 Å². The van der Waals surface area contributed by atoms with E-state index in [9.17, 15) is 14.4 Å². The molecular weight excluding hydrogens is 460 g/mol. The molecule has 8 heteroatoms. The predicted molar refractivity (Wildman–Crippen MR) is 135 cm³/mol. The normalized spacial score (nSPS) is 32.6. The molecule has 0 radical (unpaired) electrons. The molecule has 2 N–H and O–H groups in total. The first-order chi connectivity index (χ1) is 17.1. The van der Waals surface area contributed by atoms with Crippen LogP contribution in [0.1, 0.15) is 64.0 Å². The third-order valence-corrected chi connectivity index (χ3v) is 8.64. The summed E-state index contributed by atoms with van der Waals surface area (Å²) in [6.45, 7) is 10.3. The fourth-order valence-electron chi connectivity index (χ4n) is 6.82. The minimum atomic E-state index is -1.07. The Kier molecular flexibility index (Phi) is 7.49. The minimum absolute atomic E-state index is 0.0176. The first-order valence-electron chi connectivity index (χ1n) is 13.3. The van der Waals surface area contributed by atoms with E-state index in [0.717, 1.165) is 29.7 Å². The van der Waals surface area contributed by atoms with Crippen LogP contribution in [0.3, 0.4) is 0 Å². The molecule has 1 spiro atoms. The summed E-state index contributed by atoms with van der Waals surface area (Å²) in [6.07, 6.45) is 3.63. The second-order valence-electron chi connectivity index (χ2n) is 10.9. The fourth-order valence-corrected chi connectivity index (χ4v) is 6.82. The van der Waals surface area contributed by atoms with E-state index in [-0.39, 0.29) is 30.9 Å². The van der Waals surface area contributed by atoms with E-state index in [1.165, 1.54) is 0 Å². The third-order valence-electron chi connectivity index (χ3n) is 8.64. The van der Waals surface area contributed by atoms with Crippen LogP contribution in [0.15, 0.2) is 18.2 Å². The van der Waals surface area contributed by atoms with Crippen LogP contribution >= 0.6 is 0 Å². The van der Waals surface area contributed by atoms with Crippen LogP contribution in [0.2, 0.25) is 0 Å². The van der Waals surface area contributed by atoms with Crippen molar-refractivity contribution in [1.82, 2.24) is 4.90 Å². The molecular formula is C28H40N2O6. The topological polar surface area (TPSA) is 105 Å². The number of aliphatic hydroxyl groups is 1. The van der Waals surface area contributed by atoms with Gasteiger partial charge >= 0.3 is 5.97 Å². The van der Waals surface area contributed by atoms with Gasteiger partial charge in [0.1, 0.15) is 17.6 Å². The quantitative estimate of drug-likeness (QED) is 0.377. The maximum Gasteiger partial charge on any atom is 0.312 e. The number of nitrogens with zero attached hydrogens (tertiary/aromatic N) is 1. The number of para-hydroxylation sites is 1. The van der Waals surface area contributed by atoms with Crippen LogP contribution in [0.4, 0.5) is 5.69 Å². The lowest BCUT2D eigenvalue weighted by molar-refractivity contribution is -0.160. The average molecular weight is 501 g/mol. The Hall–Kier alpha value is -2.45. The fraction of sp³-hybridized carbons (Fsp3) is 0.679. The zero-order valence-corrected chi connectivity index (χ0v) is 22.1. The second kappa shape index (κ2) is 10.1. The Morgan fingerprint density at radius 3 is 2.50 bits per heavy atom. The Bertz CT molecular complexity index is 1010. The number of unbranched alkanes of at least 4 members (excludes halogenated alkanes) is 3. The largest absolute Gasteiger partial charge is 0.466 e. The summed E-state index contributed by atoms with van der Waals surface area (Å²) in [7, 11) is 0. The van der Waals surface area contributed by atoms with Crippen LogP contribution in [-0.4, -0.2) is 64.8 Å². The minimum Gasteiger partial charge on any atom is -0.466 e. The molecule has 3 aliphatic heterocycles. The molecule has 1 aromatic carbocycles. The van der Waals surface area contributed by atoms with E-state index in [4.69, 9.17) is 14.6 Å². The molecule has 4 rings (SSSR count). The molecule has 0 saturated carbocycles. The van der Waals surface area contributed by atoms with E-state index >= 15 is 0 Å². The van der Waals surface area contributed by atoms with Crippen LogP contribution in [0.25, 0.3) is 0 Å². The average Bonchev–Trinajstić information content (AvgIpc) is 3.33. The zero-order valence-electron chi connectivity index (χ0n) is 22.1. The Morgan fingerprint density at radius 1 is 1.19 bits per heavy atom. The number of rotatable bonds is 10. The summed E-state index contributed by atoms with van der Waals surface area (Å²) >= 11 is 0. The van der Waals surface area contributed by atoms with Crippen molar-refractivity contribution in [3.8, 4) is 0 Å². The van der Waals surface area contributed by atoms with Gasteiger partial charge in [-0.05, 0) is 64.0 Å². The number of hydrogen-bond acceptors (Lipinski definition) is 6. The van der Waals surface area contributed by atoms with E-state index < -0.39 is 35.0 Å². The van der Waals surface area contributed by atoms with E-state index in [0.29, 0.717) is 25.8 Å². The molecule has 36 heavy (non-hydrogen) atoms. The number of esters is 1. The molecule has 6 atom stereocenters. The van der Waals surface area contributed by atoms with E-state index in [1.54, 1.807) is 11.8 Å². The molecule has 2 amide bonds. The standard InChI is InChI=1S/C28H40N2O6/c1-6-35-26(34)21-20-25(33)30(14-9-7-8-10-15-31)23(28(20)16-19(4)27(21,5)36-28)24(32)29-22-17(2)12-11-13-18(22)3/h11-13,19-21,23,31H,6-10,14-16H2,1-5H3,(H,29,32)/t19?,20-,21+,23?,27-,28?/m0/s1. The molecule has 2 bridgehead atoms. The first-order valence-corrected chi connectivity index (χ1v) is 13.3. The van der Waals surface area contributed by atoms with Gasteiger partial charge in [0.2, 0.25) is 11.8 Å². The third kappa shape index (κ3) is 4.12. The number of amides is 2. The molecule has 0 aliphatic carbocycles. The van der Waals surface area contributed by atoms with Gasteiger partial charge in [-0.3, -0.25) is 14.4 Å². The van der Waals surface area contributed by atoms with Crippen LogP contribution < -0.4 is 5.32 Å². The molecule has 8 nitrogen and oxygen atoms in total. The molecule has 3 unspecified atom stereocenters. The summed E-state index contributed by atoms with van der Waals surface area (Å²) in [5, 5.41) is 12.2. The first kappa shape index (κ1) is 26.6. The summed E-state index contributed by atoms with van der Waals surface area (Å²) < 4.78 is 12.1. The summed E-state index contributed by atoms with van der Waals surface area (Å²) in [5.41, 5.74) is 0.689. The Balaban J connectivity index is 1.71. The van der Waals surface area contributed by atoms with Crippen molar-refractivity contribution in [3.05, 3.63) is 29.3 Å². The number of benzene rings is 1. The van der Waals surface area contributed by atoms with Crippen LogP contribution in [0.5, 0.6) is 0 Å². The summed E-state index contributed by atoms with van der Waals surface area (Å²) in [4.78, 5) is 42.8. The molecule has 1 aromatic rings. The van der Waals surface area contributed by atoms with Gasteiger partial charge in [0.05, 0.1) is 18.1 Å². The van der Waals surface area contributed by atoms with Crippen molar-refractivity contribution >= 4 is 23.5 Å². The number of ether oxygens (including phenoxy) is 2. The van der Waals surface area contributed by atoms with E-state index in [1.807, 2.05) is 45.9 Å². The highest BCUT2D eigenvalue weighted by Gasteiger charge is 2.80. The number of fused-ring (bicyclic) bond motifs is 1. The zero-order chi connectivity index (χ0) is 26.3. The molecule has 3 fully saturated rings. The van der Waals surface area contributed by atoms with Gasteiger partial charge in [0, 0.05) is 18.8 Å². The smallest absolute Gasteiger partial charge is 0.312 e. The molecule has 3 saturated heterocycles. The number of anilines is 1. The number of carbonyl (C=O) groups excluding carboxylic acids is 3. The lowest BCUT2D eigenvalue weighted by Gasteiger charge is -2.35. The van der Waals surface area contributed by atoms with Crippen molar-refractivity contribution in [1.29, 1.82) is 0 Å². The van der Waals surface area contributed by atoms with Crippen molar-refractivity contribution in [2.24, 2.45) is 17.8 Å². The van der Waals surface area contributed by atoms with E-state index in [2.05, 4.69) is 5.32 Å². The number of nitrogens with one attached hydrogen (secondary N) is 1. The Labute approximate surface area is 213 Å². The van der Waals surface area contributed by atoms with Crippen molar-refractivity contribution in [2.45, 2.75) is 84.0 Å². The highest BCUT2D eigenvalue weighted by Crippen LogP contribution is 2.65. The number of likely N-dealkylation sites (tertiary alicyclic amines) is 1. The number of aliphatic hydroxyl groups excluding tert-OH is 1. The Morgan fingerprint density at radius 2 is 1.86 bits per heavy atom. The maximum atomic E-state index is 14.0. The second-order valence-corrected chi connectivity index (χ2v) is 10.9. The van der Waals surface area contributed by atoms with Crippen molar-refractivity contribution < 1.29 is 29.0 Å². The number of aryl methyl sites for hydroxylation is 2. The monoisotopic (exact) mass is 500 g/mol. The van der Waals surface area contributed by atoms with Gasteiger partial charge in [0.15, 0.2) is 0 Å². The van der Waals surface area contributed by atoms with Crippen molar-refractivity contribution in [2.75, 3.05) is 25.1 Å². The molecule has 3 heterocycles. The number of hydrogen-bond donors (Lipinski definition) is 2. The molecule has 3 aliphatic rings. The van der Waals surface area contributed by atoms with Gasteiger partial charge in [-0.1, -0.05) is 38.0 Å². The van der Waals surface area contributed by atoms with Gasteiger partial charge in [-0.25, -0.2) is 0 Å². The highest BCUT2D eigenvalue weighted by atomic mass is 16.6. The number of carbonyl (C=O) groups is 3. The SMILES string of the molecule is CCOC(=O)[C@H]1[C@H]2C(=O)N(CCCCCCO)C(C(=O)Nc3c(C)cccc3C)C23CC(C)[C@]1(C)O3. The molecule has 0 aromatic heterocycles. The lowest BCUT2D eigenvalue weighted by Crippen LogP contribution is -2.54. The van der Waals surface area contributed by atoms with Gasteiger partial charge in [0.25, 0.3) is 0 Å². The summed E-state index contributed by atoms with van der Waals surface area (Å²) in [5.74, 6) is -2.42. The predicted octanol–water partition coefficient (Wildman–Crippen LogP) is 3.37. The highest BCUT2D eigenvalue weighted by molar-refractivity contribution is 6.04. The molecule has 198 valence electrons. The summed E-state index contributed by atoms with van der Waals surface area (Å²) in [6, 6.07) is 5.00. The van der Waals surface area contributed by atoms with Crippen LogP contribution in [-0.2, 0) is 23.9 Å². The van der Waals surface area contributed by atoms with Gasteiger partial charge in [-0.2, -0.15) is 0 Å². The van der Waals surface area contributed by atoms with Crippen LogP contribution in [0, 0.1) is 31.6 Å². The maximum absolute atomic E-state index is 14.0. The van der Waals surface area contributed by atoms with Gasteiger partial charge < -0.3 is 24.8 Å².